The number of hydrogen-bond acceptors (Lipinski definition) is 0. The van der Waals surface area contributed by atoms with Crippen LogP contribution in [-0.2, 0) is 19.5 Å². The Morgan fingerprint density at radius 3 is 1.00 bits per heavy atom. The molecule has 0 aromatic heterocycles. The second-order valence-corrected chi connectivity index (χ2v) is 31.1. The zero-order valence-electron chi connectivity index (χ0n) is 30.3. The van der Waals surface area contributed by atoms with Crippen LogP contribution >= 0.6 is 24.5 Å². The molecule has 6 fully saturated rings. The van der Waals surface area contributed by atoms with Crippen LogP contribution in [0, 0.1) is 0 Å². The van der Waals surface area contributed by atoms with E-state index in [0.717, 1.165) is 39.4 Å². The summed E-state index contributed by atoms with van der Waals surface area (Å²) in [5.41, 5.74) is 7.49. The van der Waals surface area contributed by atoms with Gasteiger partial charge in [0.25, 0.3) is 0 Å². The summed E-state index contributed by atoms with van der Waals surface area (Å²) in [5, 5.41) is 0.782. The molecule has 0 aliphatic heterocycles. The van der Waals surface area contributed by atoms with Gasteiger partial charge < -0.3 is 0 Å². The van der Waals surface area contributed by atoms with Crippen molar-refractivity contribution in [2.75, 3.05) is 0 Å². The van der Waals surface area contributed by atoms with Gasteiger partial charge in [0.2, 0.25) is 0 Å². The zero-order valence-corrected chi connectivity index (χ0v) is 34.7. The molecule has 270 valence electrons. The van der Waals surface area contributed by atoms with E-state index in [2.05, 4.69) is 30.3 Å². The van der Waals surface area contributed by atoms with Crippen molar-refractivity contribution in [2.24, 2.45) is 0 Å². The summed E-state index contributed by atoms with van der Waals surface area (Å²) >= 11 is 9.94. The molecule has 0 heterocycles. The van der Waals surface area contributed by atoms with Crippen LogP contribution in [0.25, 0.3) is 0 Å². The molecule has 1 aromatic carbocycles. The molecule has 0 N–H and O–H groups in total. The van der Waals surface area contributed by atoms with E-state index in [4.69, 9.17) is 0 Å². The van der Waals surface area contributed by atoms with Gasteiger partial charge in [0.05, 0.1) is 0 Å². The summed E-state index contributed by atoms with van der Waals surface area (Å²) in [6.45, 7) is 0. The molecule has 0 nitrogen and oxygen atoms in total. The van der Waals surface area contributed by atoms with Gasteiger partial charge in [0.1, 0.15) is 0 Å². The van der Waals surface area contributed by atoms with Gasteiger partial charge in [-0.2, -0.15) is 0 Å². The van der Waals surface area contributed by atoms with Crippen LogP contribution in [-0.4, -0.2) is 34.0 Å². The first-order chi connectivity index (χ1) is 22.7. The second kappa shape index (κ2) is 17.2. The van der Waals surface area contributed by atoms with Crippen LogP contribution in [0.1, 0.15) is 204 Å². The van der Waals surface area contributed by atoms with Gasteiger partial charge in [-0.1, -0.05) is 0 Å². The van der Waals surface area contributed by atoms with E-state index in [9.17, 15) is 11.2 Å². The molecule has 7 rings (SSSR count). The minimum Gasteiger partial charge on any atom is 0 e. The smallest absolute Gasteiger partial charge is 0 e. The minimum atomic E-state index is -2.87. The van der Waals surface area contributed by atoms with Gasteiger partial charge in [-0.25, -0.2) is 0 Å². The quantitative estimate of drug-likeness (QED) is 0.173. The summed E-state index contributed by atoms with van der Waals surface area (Å²) in [6, 6.07) is 12.8. The molecule has 0 amide bonds. The Labute approximate surface area is 310 Å². The van der Waals surface area contributed by atoms with Crippen molar-refractivity contribution in [3.05, 3.63) is 35.9 Å². The van der Waals surface area contributed by atoms with Gasteiger partial charge in [-0.3, -0.25) is 0 Å². The number of halogens is 1. The average molecular weight is 789 g/mol. The molecule has 0 bridgehead atoms. The third-order valence-corrected chi connectivity index (χ3v) is 37.6. The maximum absolute atomic E-state index is 9.94. The average Bonchev–Trinajstić information content (AvgIpc) is 3.16. The maximum Gasteiger partial charge on any atom is 0 e. The molecule has 0 saturated heterocycles. The molecule has 1 atom stereocenters. The van der Waals surface area contributed by atoms with Crippen molar-refractivity contribution in [1.82, 2.24) is 0 Å². The first kappa shape index (κ1) is 37.7. The van der Waals surface area contributed by atoms with E-state index >= 15 is 0 Å². The van der Waals surface area contributed by atoms with Crippen molar-refractivity contribution in [2.45, 2.75) is 232 Å². The monoisotopic (exact) mass is 788 g/mol. The molecule has 47 heavy (non-hydrogen) atoms. The second-order valence-electron chi connectivity index (χ2n) is 18.0. The van der Waals surface area contributed by atoms with Gasteiger partial charge in [0.15, 0.2) is 0 Å². The summed E-state index contributed by atoms with van der Waals surface area (Å²) < 4.78 is 0. The standard InChI is InChI=1S/C43H73ClP2.Ru/c44-46(40-30-16-5-17-31-40,41-32-18-6-19-33-41,42-34-20-7-21-35-42)43(36-22-8-1-9-23-36)45(37-24-10-2-11-25-37,38-26-12-3-13-27-38)39-28-14-4-15-29-39;/h1,8-9,22-23,37-43,45H,2-7,10-21,24-35H2;. The van der Waals surface area contributed by atoms with Crippen LogP contribution in [0.5, 0.6) is 0 Å². The first-order valence-corrected chi connectivity index (χ1v) is 27.2. The Bertz CT molecular complexity index is 963. The number of hydrogen-bond donors (Lipinski definition) is 0. The summed E-state index contributed by atoms with van der Waals surface area (Å²) in [7, 11) is -2.00. The van der Waals surface area contributed by atoms with E-state index in [1.165, 1.54) is 154 Å². The molecule has 6 aliphatic carbocycles. The molecular formula is C43H73ClP2Ru. The molecule has 1 unspecified atom stereocenters. The van der Waals surface area contributed by atoms with Crippen LogP contribution < -0.4 is 0 Å². The van der Waals surface area contributed by atoms with Crippen LogP contribution in [0.2, 0.25) is 0 Å². The maximum atomic E-state index is 9.94. The molecule has 6 saturated carbocycles. The molecule has 4 heteroatoms. The third kappa shape index (κ3) is 6.95. The fraction of sp³-hybridized carbons (Fsp3) is 0.860. The largest absolute Gasteiger partial charge is 0 e. The van der Waals surface area contributed by atoms with Crippen molar-refractivity contribution in [3.8, 4) is 0 Å². The minimum absolute atomic E-state index is 0. The first-order valence-electron chi connectivity index (χ1n) is 21.5. The molecule has 1 aromatic rings. The van der Waals surface area contributed by atoms with Gasteiger partial charge in [-0.05, 0) is 0 Å². The van der Waals surface area contributed by atoms with E-state index in [1.54, 1.807) is 38.5 Å². The third-order valence-electron chi connectivity index (χ3n) is 16.1. The molecule has 6 aliphatic rings. The predicted molar refractivity (Wildman–Crippen MR) is 212 cm³/mol. The predicted octanol–water partition coefficient (Wildman–Crippen LogP) is 15.1. The number of benzene rings is 1. The fourth-order valence-corrected chi connectivity index (χ4v) is 42.3. The summed E-state index contributed by atoms with van der Waals surface area (Å²) in [6.07, 6.45) is 45.3. The Kier molecular flexibility index (Phi) is 13.8. The topological polar surface area (TPSA) is 0 Å². The Morgan fingerprint density at radius 1 is 0.426 bits per heavy atom. The van der Waals surface area contributed by atoms with Crippen LogP contribution in [0.15, 0.2) is 30.3 Å². The normalized spacial score (nSPS) is 28.1. The van der Waals surface area contributed by atoms with E-state index < -0.39 is 13.2 Å². The van der Waals surface area contributed by atoms with E-state index in [-0.39, 0.29) is 19.5 Å². The zero-order chi connectivity index (χ0) is 31.3. The molecular weight excluding hydrogens is 715 g/mol. The van der Waals surface area contributed by atoms with Crippen LogP contribution in [0.4, 0.5) is 0 Å². The van der Waals surface area contributed by atoms with E-state index in [0.29, 0.717) is 0 Å². The van der Waals surface area contributed by atoms with E-state index in [1.807, 2.05) is 5.56 Å². The van der Waals surface area contributed by atoms with Crippen LogP contribution in [0.3, 0.4) is 0 Å². The van der Waals surface area contributed by atoms with Gasteiger partial charge in [-0.15, -0.1) is 0 Å². The molecule has 0 spiro atoms. The number of rotatable bonds is 9. The van der Waals surface area contributed by atoms with Crippen molar-refractivity contribution < 1.29 is 19.5 Å². The summed E-state index contributed by atoms with van der Waals surface area (Å²) in [5.74, 6) is -2.87. The van der Waals surface area contributed by atoms with Crippen molar-refractivity contribution in [1.29, 1.82) is 0 Å². The SMILES string of the molecule is ClP(C1CCCCC1)(C1CCCCC1)(C1CCCCC1)C(c1ccccc1)[PH](C1CCCCC1)(C1CCCCC1)C1CCCCC1.[Ru]. The summed E-state index contributed by atoms with van der Waals surface area (Å²) in [4.78, 5) is 0. The van der Waals surface area contributed by atoms with Gasteiger partial charge in [0, 0.05) is 19.5 Å². The van der Waals surface area contributed by atoms with Crippen molar-refractivity contribution >= 4 is 24.5 Å². The van der Waals surface area contributed by atoms with Gasteiger partial charge >= 0.3 is 292 Å². The fourth-order valence-electron chi connectivity index (χ4n) is 14.6. The Morgan fingerprint density at radius 2 is 0.702 bits per heavy atom. The molecule has 0 radical (unpaired) electrons. The Balaban J connectivity index is 0.00000386. The Hall–Kier alpha value is 0.993. The van der Waals surface area contributed by atoms with Crippen molar-refractivity contribution in [3.63, 3.8) is 0 Å².